The van der Waals surface area contributed by atoms with E-state index in [0.717, 1.165) is 12.8 Å². The van der Waals surface area contributed by atoms with Crippen LogP contribution in [-0.4, -0.2) is 23.3 Å². The highest BCUT2D eigenvalue weighted by molar-refractivity contribution is 5.89. The molecule has 0 aliphatic heterocycles. The molecule has 0 unspecified atom stereocenters. The SMILES string of the molecule is CC(C)(C)[C@H]1CC[C@H](OC(=O)c2ccccc2)[C@H](O)C1. The van der Waals surface area contributed by atoms with E-state index in [4.69, 9.17) is 4.74 Å². The van der Waals surface area contributed by atoms with Crippen LogP contribution in [0.5, 0.6) is 0 Å². The molecule has 20 heavy (non-hydrogen) atoms. The zero-order valence-electron chi connectivity index (χ0n) is 12.5. The van der Waals surface area contributed by atoms with Crippen molar-refractivity contribution in [2.24, 2.45) is 11.3 Å². The van der Waals surface area contributed by atoms with Gasteiger partial charge in [-0.15, -0.1) is 0 Å². The lowest BCUT2D eigenvalue weighted by Crippen LogP contribution is -2.40. The van der Waals surface area contributed by atoms with Gasteiger partial charge in [0, 0.05) is 0 Å². The summed E-state index contributed by atoms with van der Waals surface area (Å²) in [6, 6.07) is 8.94. The Morgan fingerprint density at radius 1 is 1.20 bits per heavy atom. The van der Waals surface area contributed by atoms with Gasteiger partial charge in [-0.2, -0.15) is 0 Å². The Bertz CT molecular complexity index is 447. The number of carbonyl (C=O) groups excluding carboxylic acids is 1. The lowest BCUT2D eigenvalue weighted by molar-refractivity contribution is -0.0594. The van der Waals surface area contributed by atoms with Gasteiger partial charge in [0.2, 0.25) is 0 Å². The third-order valence-electron chi connectivity index (χ3n) is 4.25. The van der Waals surface area contributed by atoms with E-state index in [1.807, 2.05) is 18.2 Å². The topological polar surface area (TPSA) is 46.5 Å². The van der Waals surface area contributed by atoms with Crippen LogP contribution < -0.4 is 0 Å². The number of rotatable bonds is 2. The minimum Gasteiger partial charge on any atom is -0.456 e. The molecule has 3 nitrogen and oxygen atoms in total. The Morgan fingerprint density at radius 3 is 2.40 bits per heavy atom. The van der Waals surface area contributed by atoms with Crippen molar-refractivity contribution in [1.82, 2.24) is 0 Å². The molecule has 3 atom stereocenters. The van der Waals surface area contributed by atoms with Crippen LogP contribution in [0.4, 0.5) is 0 Å². The van der Waals surface area contributed by atoms with E-state index in [1.54, 1.807) is 12.1 Å². The molecule has 2 rings (SSSR count). The van der Waals surface area contributed by atoms with Gasteiger partial charge in [0.25, 0.3) is 0 Å². The minimum atomic E-state index is -0.555. The van der Waals surface area contributed by atoms with E-state index in [-0.39, 0.29) is 17.5 Å². The molecule has 0 amide bonds. The average Bonchev–Trinajstić information content (AvgIpc) is 2.41. The molecular weight excluding hydrogens is 252 g/mol. The van der Waals surface area contributed by atoms with Crippen molar-refractivity contribution in [1.29, 1.82) is 0 Å². The van der Waals surface area contributed by atoms with Gasteiger partial charge in [-0.1, -0.05) is 39.0 Å². The van der Waals surface area contributed by atoms with Gasteiger partial charge in [0.15, 0.2) is 0 Å². The van der Waals surface area contributed by atoms with Crippen molar-refractivity contribution in [2.75, 3.05) is 0 Å². The summed E-state index contributed by atoms with van der Waals surface area (Å²) in [7, 11) is 0. The van der Waals surface area contributed by atoms with Crippen LogP contribution in [0, 0.1) is 11.3 Å². The summed E-state index contributed by atoms with van der Waals surface area (Å²) in [6.45, 7) is 6.59. The van der Waals surface area contributed by atoms with Crippen LogP contribution in [0.15, 0.2) is 30.3 Å². The zero-order valence-corrected chi connectivity index (χ0v) is 12.5. The smallest absolute Gasteiger partial charge is 0.338 e. The fraction of sp³-hybridized carbons (Fsp3) is 0.588. The summed E-state index contributed by atoms with van der Waals surface area (Å²) in [5.74, 6) is 0.132. The van der Waals surface area contributed by atoms with E-state index in [9.17, 15) is 9.90 Å². The maximum atomic E-state index is 12.0. The summed E-state index contributed by atoms with van der Waals surface area (Å²) in [6.07, 6.45) is 1.51. The monoisotopic (exact) mass is 276 g/mol. The molecule has 1 N–H and O–H groups in total. The summed E-state index contributed by atoms with van der Waals surface area (Å²) in [4.78, 5) is 12.0. The van der Waals surface area contributed by atoms with Crippen LogP contribution in [0.3, 0.4) is 0 Å². The quantitative estimate of drug-likeness (QED) is 0.842. The van der Waals surface area contributed by atoms with Gasteiger partial charge < -0.3 is 9.84 Å². The third-order valence-corrected chi connectivity index (χ3v) is 4.25. The maximum absolute atomic E-state index is 12.0. The third kappa shape index (κ3) is 3.60. The number of hydrogen-bond donors (Lipinski definition) is 1. The lowest BCUT2D eigenvalue weighted by Gasteiger charge is -2.39. The number of benzene rings is 1. The second-order valence-electron chi connectivity index (χ2n) is 6.75. The Morgan fingerprint density at radius 2 is 1.85 bits per heavy atom. The summed E-state index contributed by atoms with van der Waals surface area (Å²) in [5, 5.41) is 10.2. The normalized spacial score (nSPS) is 27.1. The number of carbonyl (C=O) groups is 1. The fourth-order valence-corrected chi connectivity index (χ4v) is 2.82. The summed E-state index contributed by atoms with van der Waals surface area (Å²) < 4.78 is 5.46. The first kappa shape index (κ1) is 15.0. The van der Waals surface area contributed by atoms with E-state index >= 15 is 0 Å². The molecule has 0 radical (unpaired) electrons. The molecule has 0 heterocycles. The highest BCUT2D eigenvalue weighted by atomic mass is 16.6. The van der Waals surface area contributed by atoms with Gasteiger partial charge in [-0.05, 0) is 42.7 Å². The van der Waals surface area contributed by atoms with Crippen LogP contribution in [0.2, 0.25) is 0 Å². The Labute approximate surface area is 121 Å². The molecule has 0 aromatic heterocycles. The molecule has 1 aliphatic rings. The van der Waals surface area contributed by atoms with Crippen molar-refractivity contribution < 1.29 is 14.6 Å². The summed E-state index contributed by atoms with van der Waals surface area (Å²) in [5.41, 5.74) is 0.729. The van der Waals surface area contributed by atoms with Gasteiger partial charge in [0.05, 0.1) is 11.7 Å². The molecule has 1 aromatic rings. The van der Waals surface area contributed by atoms with Crippen molar-refractivity contribution in [2.45, 2.75) is 52.2 Å². The Kier molecular flexibility index (Phi) is 4.48. The zero-order chi connectivity index (χ0) is 14.8. The van der Waals surface area contributed by atoms with Gasteiger partial charge >= 0.3 is 5.97 Å². The predicted molar refractivity (Wildman–Crippen MR) is 78.4 cm³/mol. The Hall–Kier alpha value is -1.35. The predicted octanol–water partition coefficient (Wildman–Crippen LogP) is 3.42. The molecule has 1 aromatic carbocycles. The first-order valence-electron chi connectivity index (χ1n) is 7.32. The Balaban J connectivity index is 1.94. The molecule has 110 valence electrons. The number of aliphatic hydroxyl groups excluding tert-OH is 1. The molecule has 1 aliphatic carbocycles. The highest BCUT2D eigenvalue weighted by Crippen LogP contribution is 2.38. The van der Waals surface area contributed by atoms with Crippen molar-refractivity contribution in [3.05, 3.63) is 35.9 Å². The molecule has 1 fully saturated rings. The van der Waals surface area contributed by atoms with E-state index in [0.29, 0.717) is 17.9 Å². The second-order valence-corrected chi connectivity index (χ2v) is 6.75. The number of hydrogen-bond acceptors (Lipinski definition) is 3. The lowest BCUT2D eigenvalue weighted by atomic mass is 9.71. The minimum absolute atomic E-state index is 0.190. The highest BCUT2D eigenvalue weighted by Gasteiger charge is 2.36. The van der Waals surface area contributed by atoms with Crippen LogP contribution >= 0.6 is 0 Å². The second kappa shape index (κ2) is 5.96. The molecule has 0 bridgehead atoms. The number of aliphatic hydroxyl groups is 1. The number of ether oxygens (including phenoxy) is 1. The summed E-state index contributed by atoms with van der Waals surface area (Å²) >= 11 is 0. The van der Waals surface area contributed by atoms with E-state index in [1.165, 1.54) is 0 Å². The van der Waals surface area contributed by atoms with Crippen LogP contribution in [-0.2, 0) is 4.74 Å². The standard InChI is InChI=1S/C17H24O3/c1-17(2,3)13-9-10-15(14(18)11-13)20-16(19)12-7-5-4-6-8-12/h4-8,13-15,18H,9-11H2,1-3H3/t13-,14+,15-/m0/s1. The molecule has 0 saturated heterocycles. The van der Waals surface area contributed by atoms with Crippen LogP contribution in [0.1, 0.15) is 50.4 Å². The average molecular weight is 276 g/mol. The van der Waals surface area contributed by atoms with Crippen molar-refractivity contribution >= 4 is 5.97 Å². The molecule has 3 heteroatoms. The van der Waals surface area contributed by atoms with Gasteiger partial charge in [-0.3, -0.25) is 0 Å². The molecule has 0 spiro atoms. The molecule has 1 saturated carbocycles. The largest absolute Gasteiger partial charge is 0.456 e. The van der Waals surface area contributed by atoms with Crippen LogP contribution in [0.25, 0.3) is 0 Å². The van der Waals surface area contributed by atoms with Gasteiger partial charge in [0.1, 0.15) is 6.10 Å². The van der Waals surface area contributed by atoms with Gasteiger partial charge in [-0.25, -0.2) is 4.79 Å². The van der Waals surface area contributed by atoms with E-state index in [2.05, 4.69) is 20.8 Å². The van der Waals surface area contributed by atoms with Crippen molar-refractivity contribution in [3.63, 3.8) is 0 Å². The maximum Gasteiger partial charge on any atom is 0.338 e. The first-order chi connectivity index (χ1) is 9.38. The first-order valence-corrected chi connectivity index (χ1v) is 7.32. The van der Waals surface area contributed by atoms with Crippen molar-refractivity contribution in [3.8, 4) is 0 Å². The van der Waals surface area contributed by atoms with E-state index < -0.39 is 6.10 Å². The number of esters is 1. The fourth-order valence-electron chi connectivity index (χ4n) is 2.82. The molecular formula is C17H24O3.